The Morgan fingerprint density at radius 3 is 2.64 bits per heavy atom. The Kier molecular flexibility index (Phi) is 2.93. The summed E-state index contributed by atoms with van der Waals surface area (Å²) in [6.45, 7) is 2.76. The minimum absolute atomic E-state index is 0.688. The number of halogens is 2. The van der Waals surface area contributed by atoms with Crippen LogP contribution in [0.15, 0.2) is 26.2 Å². The Bertz CT molecular complexity index is 401. The van der Waals surface area contributed by atoms with Crippen molar-refractivity contribution < 1.29 is 4.84 Å². The van der Waals surface area contributed by atoms with Crippen molar-refractivity contribution in [1.29, 1.82) is 0 Å². The molecule has 1 aromatic carbocycles. The fraction of sp³-hybridized carbons (Fsp3) is 0.300. The summed E-state index contributed by atoms with van der Waals surface area (Å²) in [5.41, 5.74) is 3.37. The van der Waals surface area contributed by atoms with E-state index in [-0.39, 0.29) is 0 Å². The first-order chi connectivity index (χ1) is 6.70. The van der Waals surface area contributed by atoms with Gasteiger partial charge in [0.1, 0.15) is 6.61 Å². The summed E-state index contributed by atoms with van der Waals surface area (Å²) in [6.07, 6.45) is 0.885. The number of hydrogen-bond donors (Lipinski definition) is 0. The summed E-state index contributed by atoms with van der Waals surface area (Å²) < 4.78 is 2.17. The second kappa shape index (κ2) is 4.03. The molecular formula is C10H9Br2NO. The first-order valence-corrected chi connectivity index (χ1v) is 5.92. The highest BCUT2D eigenvalue weighted by Crippen LogP contribution is 2.29. The highest BCUT2D eigenvalue weighted by atomic mass is 79.9. The van der Waals surface area contributed by atoms with Gasteiger partial charge in [0.05, 0.1) is 5.71 Å². The van der Waals surface area contributed by atoms with Crippen molar-refractivity contribution in [3.8, 4) is 0 Å². The molecule has 74 valence electrons. The summed E-state index contributed by atoms with van der Waals surface area (Å²) >= 11 is 7.04. The fourth-order valence-electron chi connectivity index (χ4n) is 1.49. The summed E-state index contributed by atoms with van der Waals surface area (Å²) in [4.78, 5) is 5.01. The van der Waals surface area contributed by atoms with E-state index in [4.69, 9.17) is 4.84 Å². The van der Waals surface area contributed by atoms with Crippen LogP contribution in [0.25, 0.3) is 0 Å². The molecule has 1 aliphatic heterocycles. The average Bonchev–Trinajstić information content (AvgIpc) is 2.65. The Morgan fingerprint density at radius 2 is 2.00 bits per heavy atom. The maximum absolute atomic E-state index is 5.01. The van der Waals surface area contributed by atoms with Crippen molar-refractivity contribution in [2.45, 2.75) is 13.3 Å². The van der Waals surface area contributed by atoms with Crippen molar-refractivity contribution in [2.75, 3.05) is 6.61 Å². The first kappa shape index (κ1) is 10.2. The van der Waals surface area contributed by atoms with Crippen molar-refractivity contribution in [3.63, 3.8) is 0 Å². The molecule has 14 heavy (non-hydrogen) atoms. The topological polar surface area (TPSA) is 21.6 Å². The molecule has 0 radical (unpaired) electrons. The third-order valence-electron chi connectivity index (χ3n) is 2.24. The second-order valence-electron chi connectivity index (χ2n) is 3.15. The molecule has 2 rings (SSSR count). The van der Waals surface area contributed by atoms with Crippen LogP contribution in [0.1, 0.15) is 17.5 Å². The summed E-state index contributed by atoms with van der Waals surface area (Å²) in [6, 6.07) is 4.05. The molecule has 0 aliphatic carbocycles. The van der Waals surface area contributed by atoms with E-state index in [2.05, 4.69) is 43.9 Å². The van der Waals surface area contributed by atoms with Crippen LogP contribution in [-0.2, 0) is 4.84 Å². The summed E-state index contributed by atoms with van der Waals surface area (Å²) in [5, 5.41) is 4.03. The molecule has 0 unspecified atom stereocenters. The molecule has 0 aromatic heterocycles. The van der Waals surface area contributed by atoms with E-state index in [1.165, 1.54) is 5.56 Å². The fourth-order valence-corrected chi connectivity index (χ4v) is 2.48. The van der Waals surface area contributed by atoms with E-state index in [9.17, 15) is 0 Å². The second-order valence-corrected chi connectivity index (χ2v) is 4.86. The lowest BCUT2D eigenvalue weighted by molar-refractivity contribution is 0.174. The maximum Gasteiger partial charge on any atom is 0.122 e. The molecule has 0 saturated carbocycles. The van der Waals surface area contributed by atoms with Gasteiger partial charge in [0.15, 0.2) is 0 Å². The van der Waals surface area contributed by atoms with Crippen molar-refractivity contribution >= 4 is 37.6 Å². The van der Waals surface area contributed by atoms with E-state index in [0.717, 1.165) is 26.6 Å². The molecule has 0 spiro atoms. The van der Waals surface area contributed by atoms with Gasteiger partial charge in [-0.05, 0) is 24.6 Å². The standard InChI is InChI=1S/C10H9Br2NO/c1-6-7(11)2-3-8(12)10(6)9-4-5-14-13-9/h2-3H,4-5H2,1H3. The van der Waals surface area contributed by atoms with Gasteiger partial charge in [-0.3, -0.25) is 0 Å². The molecule has 0 N–H and O–H groups in total. The van der Waals surface area contributed by atoms with Crippen LogP contribution >= 0.6 is 31.9 Å². The quantitative estimate of drug-likeness (QED) is 0.774. The van der Waals surface area contributed by atoms with Crippen molar-refractivity contribution in [3.05, 3.63) is 32.2 Å². The minimum atomic E-state index is 0.688. The summed E-state index contributed by atoms with van der Waals surface area (Å²) in [7, 11) is 0. The van der Waals surface area contributed by atoms with Gasteiger partial charge in [0.2, 0.25) is 0 Å². The van der Waals surface area contributed by atoms with E-state index >= 15 is 0 Å². The first-order valence-electron chi connectivity index (χ1n) is 4.34. The van der Waals surface area contributed by atoms with Crippen LogP contribution in [0.2, 0.25) is 0 Å². The molecule has 2 nitrogen and oxygen atoms in total. The predicted octanol–water partition coefficient (Wildman–Crippen LogP) is 3.64. The molecule has 0 saturated heterocycles. The Morgan fingerprint density at radius 1 is 1.29 bits per heavy atom. The maximum atomic E-state index is 5.01. The number of benzene rings is 1. The van der Waals surface area contributed by atoms with E-state index in [0.29, 0.717) is 6.61 Å². The third kappa shape index (κ3) is 1.73. The van der Waals surface area contributed by atoms with Crippen LogP contribution < -0.4 is 0 Å². The van der Waals surface area contributed by atoms with Crippen LogP contribution in [-0.4, -0.2) is 12.3 Å². The van der Waals surface area contributed by atoms with Crippen LogP contribution in [0.4, 0.5) is 0 Å². The van der Waals surface area contributed by atoms with Crippen molar-refractivity contribution in [1.82, 2.24) is 0 Å². The van der Waals surface area contributed by atoms with Crippen LogP contribution in [0.5, 0.6) is 0 Å². The predicted molar refractivity (Wildman–Crippen MR) is 63.7 cm³/mol. The van der Waals surface area contributed by atoms with E-state index < -0.39 is 0 Å². The summed E-state index contributed by atoms with van der Waals surface area (Å²) in [5.74, 6) is 0. The number of hydrogen-bond acceptors (Lipinski definition) is 2. The van der Waals surface area contributed by atoms with Gasteiger partial charge in [0, 0.05) is 20.9 Å². The zero-order chi connectivity index (χ0) is 10.1. The van der Waals surface area contributed by atoms with Gasteiger partial charge < -0.3 is 4.84 Å². The SMILES string of the molecule is Cc1c(Br)ccc(Br)c1C1=NOCC1. The average molecular weight is 319 g/mol. The van der Waals surface area contributed by atoms with Gasteiger partial charge in [0.25, 0.3) is 0 Å². The molecule has 0 atom stereocenters. The Hall–Kier alpha value is -0.350. The molecule has 1 aliphatic rings. The van der Waals surface area contributed by atoms with E-state index in [1.54, 1.807) is 0 Å². The Labute approximate surface area is 99.6 Å². The number of oxime groups is 1. The lowest BCUT2D eigenvalue weighted by Crippen LogP contribution is -2.02. The molecule has 0 bridgehead atoms. The monoisotopic (exact) mass is 317 g/mol. The molecule has 1 heterocycles. The van der Waals surface area contributed by atoms with Gasteiger partial charge >= 0.3 is 0 Å². The molecule has 0 fully saturated rings. The molecule has 4 heteroatoms. The highest BCUT2D eigenvalue weighted by molar-refractivity contribution is 9.11. The van der Waals surface area contributed by atoms with Gasteiger partial charge in [-0.2, -0.15) is 0 Å². The molecule has 0 amide bonds. The van der Waals surface area contributed by atoms with Gasteiger partial charge in [-0.1, -0.05) is 37.0 Å². The van der Waals surface area contributed by atoms with Gasteiger partial charge in [-0.25, -0.2) is 0 Å². The van der Waals surface area contributed by atoms with Crippen LogP contribution in [0, 0.1) is 6.92 Å². The van der Waals surface area contributed by atoms with Gasteiger partial charge in [-0.15, -0.1) is 0 Å². The Balaban J connectivity index is 2.55. The van der Waals surface area contributed by atoms with Crippen LogP contribution in [0.3, 0.4) is 0 Å². The van der Waals surface area contributed by atoms with Crippen molar-refractivity contribution in [2.24, 2.45) is 5.16 Å². The molecule has 1 aromatic rings. The molecular weight excluding hydrogens is 310 g/mol. The number of rotatable bonds is 1. The lowest BCUT2D eigenvalue weighted by atomic mass is 10.0. The normalized spacial score (nSPS) is 15.2. The zero-order valence-corrected chi connectivity index (χ0v) is 10.9. The highest BCUT2D eigenvalue weighted by Gasteiger charge is 2.17. The lowest BCUT2D eigenvalue weighted by Gasteiger charge is -2.08. The smallest absolute Gasteiger partial charge is 0.122 e. The minimum Gasteiger partial charge on any atom is -0.395 e. The largest absolute Gasteiger partial charge is 0.395 e. The third-order valence-corrected chi connectivity index (χ3v) is 3.76. The van der Waals surface area contributed by atoms with E-state index in [1.807, 2.05) is 12.1 Å². The zero-order valence-electron chi connectivity index (χ0n) is 7.68. The number of nitrogens with zero attached hydrogens (tertiary/aromatic N) is 1.